The van der Waals surface area contributed by atoms with E-state index < -0.39 is 53.4 Å². The number of hydrogen-bond donors (Lipinski definition) is 6. The van der Waals surface area contributed by atoms with Crippen molar-refractivity contribution < 1.29 is 42.2 Å². The van der Waals surface area contributed by atoms with Crippen molar-refractivity contribution in [1.82, 2.24) is 25.6 Å². The van der Waals surface area contributed by atoms with Crippen molar-refractivity contribution in [2.24, 2.45) is 5.41 Å². The highest BCUT2D eigenvalue weighted by atomic mass is 35.5. The van der Waals surface area contributed by atoms with Crippen molar-refractivity contribution >= 4 is 58.6 Å². The predicted octanol–water partition coefficient (Wildman–Crippen LogP) is 6.23. The number of carbonyl (C=O) groups excluding carboxylic acids is 3. The summed E-state index contributed by atoms with van der Waals surface area (Å²) >= 11 is 6.03. The zero-order valence-electron chi connectivity index (χ0n) is 30.4. The number of ether oxygens (including phenoxy) is 1. The third kappa shape index (κ3) is 12.5. The Kier molecular flexibility index (Phi) is 13.0. The fourth-order valence-corrected chi connectivity index (χ4v) is 5.50. The maximum atomic E-state index is 13.0. The molecule has 0 bridgehead atoms. The lowest BCUT2D eigenvalue weighted by molar-refractivity contribution is -0.154. The number of carboxylic acid groups (broad SMARTS) is 1. The number of nitrogens with zero attached hydrogens (tertiary/aromatic N) is 3. The Morgan fingerprint density at radius 3 is 2.07 bits per heavy atom. The second kappa shape index (κ2) is 17.7. The molecule has 1 fully saturated rings. The number of benzene rings is 3. The number of amides is 3. The van der Waals surface area contributed by atoms with Gasteiger partial charge in [0.25, 0.3) is 5.91 Å². The zero-order chi connectivity index (χ0) is 40.5. The SMILES string of the molecule is CC(C)(CNC(=O)C(=O)Nc1ccc(CCCC(=O)O)cc1)CNC(=O)c1ccc(Nc2nc(NC3(c4ccc(Cl)cc4)CC3)nc(OCC(F)(F)F)n2)cc1. The maximum Gasteiger partial charge on any atom is 0.422 e. The molecule has 1 aliphatic carbocycles. The fourth-order valence-electron chi connectivity index (χ4n) is 5.38. The summed E-state index contributed by atoms with van der Waals surface area (Å²) in [5.74, 6) is -3.09. The molecule has 3 amide bonds. The normalized spacial score (nSPS) is 13.2. The van der Waals surface area contributed by atoms with E-state index in [1.165, 1.54) is 12.1 Å². The Balaban J connectivity index is 1.12. The van der Waals surface area contributed by atoms with Crippen molar-refractivity contribution in [3.63, 3.8) is 0 Å². The van der Waals surface area contributed by atoms with Gasteiger partial charge in [-0.25, -0.2) is 0 Å². The van der Waals surface area contributed by atoms with Crippen LogP contribution in [-0.4, -0.2) is 69.6 Å². The first kappa shape index (κ1) is 41.2. The smallest absolute Gasteiger partial charge is 0.422 e. The number of aromatic nitrogens is 3. The van der Waals surface area contributed by atoms with E-state index in [9.17, 15) is 32.3 Å². The van der Waals surface area contributed by atoms with Gasteiger partial charge in [-0.1, -0.05) is 49.7 Å². The minimum atomic E-state index is -4.62. The number of hydrogen-bond acceptors (Lipinski definition) is 10. The summed E-state index contributed by atoms with van der Waals surface area (Å²) in [6.45, 7) is 2.22. The highest BCUT2D eigenvalue weighted by Crippen LogP contribution is 2.48. The van der Waals surface area contributed by atoms with Gasteiger partial charge in [0.2, 0.25) is 11.9 Å². The van der Waals surface area contributed by atoms with Crippen LogP contribution in [0.3, 0.4) is 0 Å². The summed E-state index contributed by atoms with van der Waals surface area (Å²) in [5.41, 5.74) is 1.77. The molecule has 56 heavy (non-hydrogen) atoms. The van der Waals surface area contributed by atoms with E-state index in [0.29, 0.717) is 34.8 Å². The number of aryl methyl sites for hydroxylation is 1. The van der Waals surface area contributed by atoms with Crippen LogP contribution in [0.5, 0.6) is 6.01 Å². The average Bonchev–Trinajstić information content (AvgIpc) is 3.93. The number of carboxylic acids is 1. The first-order valence-electron chi connectivity index (χ1n) is 17.5. The molecule has 0 atom stereocenters. The summed E-state index contributed by atoms with van der Waals surface area (Å²) in [4.78, 5) is 61.0. The molecule has 1 saturated carbocycles. The van der Waals surface area contributed by atoms with Crippen LogP contribution in [0.4, 0.5) is 36.4 Å². The van der Waals surface area contributed by atoms with Crippen molar-refractivity contribution in [2.75, 3.05) is 35.6 Å². The molecule has 0 unspecified atom stereocenters. The van der Waals surface area contributed by atoms with Gasteiger partial charge < -0.3 is 36.4 Å². The van der Waals surface area contributed by atoms with E-state index in [-0.39, 0.29) is 31.4 Å². The van der Waals surface area contributed by atoms with E-state index in [1.807, 2.05) is 12.1 Å². The topological polar surface area (TPSA) is 197 Å². The van der Waals surface area contributed by atoms with Gasteiger partial charge in [-0.15, -0.1) is 0 Å². The Morgan fingerprint density at radius 2 is 1.45 bits per heavy atom. The van der Waals surface area contributed by atoms with E-state index in [0.717, 1.165) is 24.0 Å². The molecule has 1 aliphatic rings. The van der Waals surface area contributed by atoms with E-state index in [2.05, 4.69) is 41.5 Å². The van der Waals surface area contributed by atoms with E-state index in [1.54, 1.807) is 62.4 Å². The van der Waals surface area contributed by atoms with Crippen LogP contribution >= 0.6 is 11.6 Å². The van der Waals surface area contributed by atoms with E-state index >= 15 is 0 Å². The van der Waals surface area contributed by atoms with Crippen LogP contribution in [0.25, 0.3) is 0 Å². The maximum absolute atomic E-state index is 13.0. The number of nitrogens with one attached hydrogen (secondary N) is 5. The van der Waals surface area contributed by atoms with Gasteiger partial charge in [0.15, 0.2) is 6.61 Å². The highest BCUT2D eigenvalue weighted by molar-refractivity contribution is 6.39. The molecule has 296 valence electrons. The molecule has 18 heteroatoms. The van der Waals surface area contributed by atoms with Crippen LogP contribution in [0.2, 0.25) is 5.02 Å². The number of rotatable bonds is 17. The standard InChI is InChI=1S/C38H40ClF3N8O6/c1-36(2,21-44-31(54)32(55)45-27-14-6-23(7-15-27)4-3-5-29(51)52)20-43-30(53)24-8-16-28(17-9-24)46-33-47-34(49-35(48-33)56-22-38(40,41)42)50-37(18-19-37)25-10-12-26(39)13-11-25/h6-17H,3-5,18-22H2,1-2H3,(H,43,53)(H,44,54)(H,45,55)(H,51,52)(H2,46,47,48,49,50). The Labute approximate surface area is 325 Å². The summed E-state index contributed by atoms with van der Waals surface area (Å²) < 4.78 is 43.7. The minimum absolute atomic E-state index is 0.000137. The Hall–Kier alpha value is -5.97. The quantitative estimate of drug-likeness (QED) is 0.0663. The second-order valence-electron chi connectivity index (χ2n) is 14.0. The van der Waals surface area contributed by atoms with Gasteiger partial charge in [-0.05, 0) is 90.8 Å². The lowest BCUT2D eigenvalue weighted by atomic mass is 9.93. The molecule has 14 nitrogen and oxygen atoms in total. The van der Waals surface area contributed by atoms with E-state index in [4.69, 9.17) is 21.4 Å². The largest absolute Gasteiger partial charge is 0.481 e. The van der Waals surface area contributed by atoms with Gasteiger partial charge in [0, 0.05) is 41.5 Å². The molecule has 4 aromatic rings. The lowest BCUT2D eigenvalue weighted by Crippen LogP contribution is -2.44. The zero-order valence-corrected chi connectivity index (χ0v) is 31.2. The van der Waals surface area contributed by atoms with Crippen LogP contribution < -0.4 is 31.3 Å². The van der Waals surface area contributed by atoms with Gasteiger partial charge in [0.1, 0.15) is 0 Å². The molecule has 1 aromatic heterocycles. The first-order chi connectivity index (χ1) is 26.5. The van der Waals surface area contributed by atoms with Gasteiger partial charge in [-0.3, -0.25) is 19.2 Å². The summed E-state index contributed by atoms with van der Waals surface area (Å²) in [5, 5.41) is 23.4. The van der Waals surface area contributed by atoms with Crippen LogP contribution in [0.1, 0.15) is 61.0 Å². The second-order valence-corrected chi connectivity index (χ2v) is 14.4. The Bertz CT molecular complexity index is 2030. The van der Waals surface area contributed by atoms with Crippen LogP contribution in [0.15, 0.2) is 72.8 Å². The molecular formula is C38H40ClF3N8O6. The number of carbonyl (C=O) groups is 4. The number of aliphatic carboxylic acids is 1. The third-order valence-corrected chi connectivity index (χ3v) is 8.86. The molecule has 0 saturated heterocycles. The molecule has 6 N–H and O–H groups in total. The lowest BCUT2D eigenvalue weighted by Gasteiger charge is -2.25. The average molecular weight is 797 g/mol. The summed E-state index contributed by atoms with van der Waals surface area (Å²) in [7, 11) is 0. The Morgan fingerprint density at radius 1 is 0.821 bits per heavy atom. The summed E-state index contributed by atoms with van der Waals surface area (Å²) in [6.07, 6.45) is -2.05. The van der Waals surface area contributed by atoms with Crippen molar-refractivity contribution in [3.05, 3.63) is 94.5 Å². The number of anilines is 4. The van der Waals surface area contributed by atoms with Crippen molar-refractivity contribution in [2.45, 2.75) is 57.7 Å². The van der Waals surface area contributed by atoms with Crippen molar-refractivity contribution in [3.8, 4) is 6.01 Å². The molecule has 0 spiro atoms. The number of halogens is 4. The molecule has 1 heterocycles. The van der Waals surface area contributed by atoms with Crippen LogP contribution in [0, 0.1) is 5.41 Å². The van der Waals surface area contributed by atoms with Gasteiger partial charge in [-0.2, -0.15) is 28.1 Å². The molecular weight excluding hydrogens is 757 g/mol. The molecule has 0 aliphatic heterocycles. The molecule has 0 radical (unpaired) electrons. The van der Waals surface area contributed by atoms with Gasteiger partial charge >= 0.3 is 30.0 Å². The fraction of sp³-hybridized carbons (Fsp3) is 0.342. The van der Waals surface area contributed by atoms with Gasteiger partial charge in [0.05, 0.1) is 5.54 Å². The molecule has 5 rings (SSSR count). The third-order valence-electron chi connectivity index (χ3n) is 8.61. The number of alkyl halides is 3. The highest BCUT2D eigenvalue weighted by Gasteiger charge is 2.45. The molecule has 3 aromatic carbocycles. The summed E-state index contributed by atoms with van der Waals surface area (Å²) in [6, 6.07) is 19.6. The first-order valence-corrected chi connectivity index (χ1v) is 17.9. The minimum Gasteiger partial charge on any atom is -0.481 e. The monoisotopic (exact) mass is 796 g/mol. The predicted molar refractivity (Wildman–Crippen MR) is 202 cm³/mol. The van der Waals surface area contributed by atoms with Crippen molar-refractivity contribution in [1.29, 1.82) is 0 Å². The van der Waals surface area contributed by atoms with Crippen LogP contribution in [-0.2, 0) is 26.3 Å².